The van der Waals surface area contributed by atoms with Crippen molar-refractivity contribution in [1.29, 1.82) is 0 Å². The minimum absolute atomic E-state index is 0.0699. The predicted molar refractivity (Wildman–Crippen MR) is 96.1 cm³/mol. The molecule has 1 amide bonds. The summed E-state index contributed by atoms with van der Waals surface area (Å²) in [5.74, 6) is 0.402. The van der Waals surface area contributed by atoms with Crippen LogP contribution in [0.5, 0.6) is 0 Å². The van der Waals surface area contributed by atoms with E-state index in [2.05, 4.69) is 22.9 Å². The van der Waals surface area contributed by atoms with Gasteiger partial charge in [0, 0.05) is 23.5 Å². The fourth-order valence-corrected chi connectivity index (χ4v) is 5.13. The summed E-state index contributed by atoms with van der Waals surface area (Å²) in [6, 6.07) is 7.81. The molecule has 0 aromatic heterocycles. The maximum Gasteiger partial charge on any atom is 0.223 e. The summed E-state index contributed by atoms with van der Waals surface area (Å²) in [5.41, 5.74) is 1.11. The Morgan fingerprint density at radius 3 is 2.78 bits per heavy atom. The van der Waals surface area contributed by atoms with Gasteiger partial charge in [0.15, 0.2) is 9.84 Å². The van der Waals surface area contributed by atoms with Gasteiger partial charge in [-0.15, -0.1) is 0 Å². The molecule has 0 spiro atoms. The Balaban J connectivity index is 1.99. The molecule has 1 saturated heterocycles. The Kier molecular flexibility index (Phi) is 6.65. The van der Waals surface area contributed by atoms with Crippen LogP contribution in [0.3, 0.4) is 0 Å². The molecule has 6 heteroatoms. The molecule has 1 aromatic carbocycles. The lowest BCUT2D eigenvalue weighted by atomic mass is 10.1. The van der Waals surface area contributed by atoms with Crippen LogP contribution in [0.1, 0.15) is 38.2 Å². The zero-order chi connectivity index (χ0) is 16.9. The van der Waals surface area contributed by atoms with Gasteiger partial charge in [-0.05, 0) is 37.0 Å². The lowest BCUT2D eigenvalue weighted by Crippen LogP contribution is -2.41. The quantitative estimate of drug-likeness (QED) is 0.704. The SMILES string of the molecule is CCCCN(C(=O)CCc1cccc(Br)c1)C1CCS(=O)(=O)C1. The highest BCUT2D eigenvalue weighted by molar-refractivity contribution is 9.10. The molecule has 0 bridgehead atoms. The monoisotopic (exact) mass is 401 g/mol. The van der Waals surface area contributed by atoms with Crippen molar-refractivity contribution in [2.24, 2.45) is 0 Å². The highest BCUT2D eigenvalue weighted by Gasteiger charge is 2.34. The second-order valence-electron chi connectivity index (χ2n) is 6.13. The summed E-state index contributed by atoms with van der Waals surface area (Å²) >= 11 is 3.44. The standard InChI is InChI=1S/C17H24BrNO3S/c1-2-3-10-19(16-9-11-23(21,22)13-16)17(20)8-7-14-5-4-6-15(18)12-14/h4-6,12,16H,2-3,7-11,13H2,1H3. The summed E-state index contributed by atoms with van der Waals surface area (Å²) in [7, 11) is -2.97. The van der Waals surface area contributed by atoms with Gasteiger partial charge >= 0.3 is 0 Å². The maximum absolute atomic E-state index is 12.6. The first kappa shape index (κ1) is 18.5. The number of hydrogen-bond donors (Lipinski definition) is 0. The van der Waals surface area contributed by atoms with Gasteiger partial charge in [-0.1, -0.05) is 41.4 Å². The fourth-order valence-electron chi connectivity index (χ4n) is 2.95. The van der Waals surface area contributed by atoms with Crippen LogP contribution in [0, 0.1) is 0 Å². The summed E-state index contributed by atoms with van der Waals surface area (Å²) in [5, 5.41) is 0. The first-order chi connectivity index (χ1) is 10.9. The van der Waals surface area contributed by atoms with E-state index in [9.17, 15) is 13.2 Å². The molecule has 0 radical (unpaired) electrons. The number of sulfone groups is 1. The van der Waals surface area contributed by atoms with Gasteiger partial charge in [0.25, 0.3) is 0 Å². The van der Waals surface area contributed by atoms with E-state index in [0.29, 0.717) is 25.8 Å². The number of unbranched alkanes of at least 4 members (excludes halogenated alkanes) is 1. The van der Waals surface area contributed by atoms with E-state index in [4.69, 9.17) is 0 Å². The largest absolute Gasteiger partial charge is 0.339 e. The molecule has 1 aromatic rings. The van der Waals surface area contributed by atoms with Gasteiger partial charge in [-0.25, -0.2) is 8.42 Å². The number of aryl methyl sites for hydroxylation is 1. The van der Waals surface area contributed by atoms with E-state index in [0.717, 1.165) is 22.9 Å². The smallest absolute Gasteiger partial charge is 0.223 e. The van der Waals surface area contributed by atoms with E-state index in [1.807, 2.05) is 29.2 Å². The molecule has 4 nitrogen and oxygen atoms in total. The molecule has 0 aliphatic carbocycles. The molecule has 1 aliphatic rings. The first-order valence-electron chi connectivity index (χ1n) is 8.15. The summed E-state index contributed by atoms with van der Waals surface area (Å²) < 4.78 is 24.4. The second-order valence-corrected chi connectivity index (χ2v) is 9.27. The Labute approximate surface area is 147 Å². The number of nitrogens with zero attached hydrogens (tertiary/aromatic N) is 1. The Morgan fingerprint density at radius 2 is 2.17 bits per heavy atom. The van der Waals surface area contributed by atoms with E-state index < -0.39 is 9.84 Å². The minimum atomic E-state index is -2.97. The highest BCUT2D eigenvalue weighted by atomic mass is 79.9. The van der Waals surface area contributed by atoms with E-state index in [-0.39, 0.29) is 23.5 Å². The van der Waals surface area contributed by atoms with Crippen molar-refractivity contribution in [2.75, 3.05) is 18.1 Å². The number of amides is 1. The Hall–Kier alpha value is -0.880. The summed E-state index contributed by atoms with van der Waals surface area (Å²) in [4.78, 5) is 14.4. The summed E-state index contributed by atoms with van der Waals surface area (Å²) in [6.45, 7) is 2.74. The lowest BCUT2D eigenvalue weighted by Gasteiger charge is -2.28. The van der Waals surface area contributed by atoms with Crippen LogP contribution >= 0.6 is 15.9 Å². The van der Waals surface area contributed by atoms with Crippen LogP contribution in [0.2, 0.25) is 0 Å². The molecular weight excluding hydrogens is 378 g/mol. The third-order valence-corrected chi connectivity index (χ3v) is 6.48. The van der Waals surface area contributed by atoms with Crippen LogP contribution in [0.15, 0.2) is 28.7 Å². The molecule has 1 heterocycles. The minimum Gasteiger partial charge on any atom is -0.339 e. The molecule has 0 saturated carbocycles. The number of rotatable bonds is 7. The van der Waals surface area contributed by atoms with Crippen molar-refractivity contribution in [1.82, 2.24) is 4.90 Å². The van der Waals surface area contributed by atoms with Crippen LogP contribution in [-0.4, -0.2) is 43.3 Å². The average Bonchev–Trinajstić information content (AvgIpc) is 2.85. The summed E-state index contributed by atoms with van der Waals surface area (Å²) in [6.07, 6.45) is 3.60. The number of halogens is 1. The topological polar surface area (TPSA) is 54.5 Å². The molecule has 1 aliphatic heterocycles. The van der Waals surface area contributed by atoms with Crippen LogP contribution in [-0.2, 0) is 21.1 Å². The van der Waals surface area contributed by atoms with Crippen LogP contribution in [0.4, 0.5) is 0 Å². The van der Waals surface area contributed by atoms with Crippen molar-refractivity contribution in [3.05, 3.63) is 34.3 Å². The molecule has 128 valence electrons. The van der Waals surface area contributed by atoms with Gasteiger partial charge in [0.2, 0.25) is 5.91 Å². The maximum atomic E-state index is 12.6. The lowest BCUT2D eigenvalue weighted by molar-refractivity contribution is -0.133. The number of carbonyl (C=O) groups excluding carboxylic acids is 1. The number of benzene rings is 1. The highest BCUT2D eigenvalue weighted by Crippen LogP contribution is 2.20. The van der Waals surface area contributed by atoms with E-state index in [1.54, 1.807) is 0 Å². The average molecular weight is 402 g/mol. The molecule has 0 N–H and O–H groups in total. The second kappa shape index (κ2) is 8.29. The van der Waals surface area contributed by atoms with E-state index in [1.165, 1.54) is 0 Å². The zero-order valence-electron chi connectivity index (χ0n) is 13.5. The van der Waals surface area contributed by atoms with Crippen molar-refractivity contribution in [3.8, 4) is 0 Å². The van der Waals surface area contributed by atoms with Gasteiger partial charge in [-0.2, -0.15) is 0 Å². The van der Waals surface area contributed by atoms with Gasteiger partial charge in [0.05, 0.1) is 11.5 Å². The molecule has 1 atom stereocenters. The third-order valence-electron chi connectivity index (χ3n) is 4.24. The van der Waals surface area contributed by atoms with Crippen LogP contribution in [0.25, 0.3) is 0 Å². The van der Waals surface area contributed by atoms with Crippen molar-refractivity contribution >= 4 is 31.7 Å². The van der Waals surface area contributed by atoms with Crippen LogP contribution < -0.4 is 0 Å². The molecule has 2 rings (SSSR count). The fraction of sp³-hybridized carbons (Fsp3) is 0.588. The predicted octanol–water partition coefficient (Wildman–Crippen LogP) is 3.20. The number of carbonyl (C=O) groups is 1. The molecule has 1 fully saturated rings. The Bertz CT molecular complexity index is 645. The van der Waals surface area contributed by atoms with Crippen molar-refractivity contribution < 1.29 is 13.2 Å². The molecule has 23 heavy (non-hydrogen) atoms. The zero-order valence-corrected chi connectivity index (χ0v) is 15.9. The molecule has 1 unspecified atom stereocenters. The van der Waals surface area contributed by atoms with Gasteiger partial charge < -0.3 is 4.90 Å². The van der Waals surface area contributed by atoms with E-state index >= 15 is 0 Å². The molecular formula is C17H24BrNO3S. The number of hydrogen-bond acceptors (Lipinski definition) is 3. The first-order valence-corrected chi connectivity index (χ1v) is 10.8. The van der Waals surface area contributed by atoms with Gasteiger partial charge in [0.1, 0.15) is 0 Å². The third kappa shape index (κ3) is 5.60. The van der Waals surface area contributed by atoms with Crippen molar-refractivity contribution in [2.45, 2.75) is 45.1 Å². The van der Waals surface area contributed by atoms with Gasteiger partial charge in [-0.3, -0.25) is 4.79 Å². The Morgan fingerprint density at radius 1 is 1.39 bits per heavy atom. The van der Waals surface area contributed by atoms with Crippen molar-refractivity contribution in [3.63, 3.8) is 0 Å². The normalized spacial score (nSPS) is 19.7.